The fourth-order valence-electron chi connectivity index (χ4n) is 1.00. The highest BCUT2D eigenvalue weighted by Gasteiger charge is 2.22. The van der Waals surface area contributed by atoms with Crippen LogP contribution in [-0.4, -0.2) is 25.2 Å². The quantitative estimate of drug-likeness (QED) is 0.524. The second-order valence-electron chi connectivity index (χ2n) is 4.02. The minimum atomic E-state index is -3.37. The third-order valence-electron chi connectivity index (χ3n) is 2.13. The number of hydrogen-bond donors (Lipinski definition) is 2. The largest absolute Gasteiger partial charge is 0.392 e. The van der Waals surface area contributed by atoms with Gasteiger partial charge in [-0.3, -0.25) is 0 Å². The van der Waals surface area contributed by atoms with Crippen LogP contribution in [0.5, 0.6) is 0 Å². The van der Waals surface area contributed by atoms with Gasteiger partial charge in [0.05, 0.1) is 4.99 Å². The highest BCUT2D eigenvalue weighted by Crippen LogP contribution is 2.03. The molecule has 0 aromatic rings. The van der Waals surface area contributed by atoms with E-state index in [0.29, 0.717) is 12.5 Å². The van der Waals surface area contributed by atoms with Gasteiger partial charge >= 0.3 is 0 Å². The van der Waals surface area contributed by atoms with E-state index >= 15 is 0 Å². The Morgan fingerprint density at radius 1 is 1.40 bits per heavy atom. The SMILES string of the molecule is CC(C)CCCNS(=O)(=O)C(C)C(N)=S. The van der Waals surface area contributed by atoms with Crippen molar-refractivity contribution in [2.75, 3.05) is 6.54 Å². The zero-order valence-corrected chi connectivity index (χ0v) is 11.1. The summed E-state index contributed by atoms with van der Waals surface area (Å²) < 4.78 is 25.6. The van der Waals surface area contributed by atoms with Crippen LogP contribution in [0.4, 0.5) is 0 Å². The van der Waals surface area contributed by atoms with Gasteiger partial charge in [-0.15, -0.1) is 0 Å². The first-order chi connectivity index (χ1) is 6.77. The van der Waals surface area contributed by atoms with E-state index in [1.165, 1.54) is 6.92 Å². The fourth-order valence-corrected chi connectivity index (χ4v) is 2.37. The topological polar surface area (TPSA) is 72.2 Å². The maximum Gasteiger partial charge on any atom is 0.220 e. The van der Waals surface area contributed by atoms with Crippen LogP contribution < -0.4 is 10.5 Å². The highest BCUT2D eigenvalue weighted by molar-refractivity contribution is 7.93. The van der Waals surface area contributed by atoms with E-state index in [1.54, 1.807) is 0 Å². The molecule has 0 rings (SSSR count). The van der Waals surface area contributed by atoms with E-state index in [9.17, 15) is 8.42 Å². The maximum atomic E-state index is 11.5. The maximum absolute atomic E-state index is 11.5. The van der Waals surface area contributed by atoms with E-state index in [4.69, 9.17) is 5.73 Å². The predicted octanol–water partition coefficient (Wildman–Crippen LogP) is 1.02. The lowest BCUT2D eigenvalue weighted by atomic mass is 10.1. The normalized spacial score (nSPS) is 14.1. The summed E-state index contributed by atoms with van der Waals surface area (Å²) in [5.74, 6) is 0.586. The van der Waals surface area contributed by atoms with Gasteiger partial charge in [-0.05, 0) is 25.7 Å². The predicted molar refractivity (Wildman–Crippen MR) is 67.2 cm³/mol. The van der Waals surface area contributed by atoms with E-state index in [2.05, 4.69) is 30.8 Å². The van der Waals surface area contributed by atoms with Gasteiger partial charge in [0.1, 0.15) is 5.25 Å². The monoisotopic (exact) mass is 252 g/mol. The molecule has 1 atom stereocenters. The standard InChI is InChI=1S/C9H20N2O2S2/c1-7(2)5-4-6-11-15(12,13)8(3)9(10)14/h7-8,11H,4-6H2,1-3H3,(H2,10,14). The molecule has 4 nitrogen and oxygen atoms in total. The van der Waals surface area contributed by atoms with Crippen LogP contribution in [0.1, 0.15) is 33.6 Å². The van der Waals surface area contributed by atoms with Gasteiger partial charge in [0.2, 0.25) is 10.0 Å². The summed E-state index contributed by atoms with van der Waals surface area (Å²) in [7, 11) is -3.37. The van der Waals surface area contributed by atoms with Crippen molar-refractivity contribution >= 4 is 27.2 Å². The average molecular weight is 252 g/mol. The van der Waals surface area contributed by atoms with Crippen LogP contribution in [0.2, 0.25) is 0 Å². The van der Waals surface area contributed by atoms with Gasteiger partial charge in [0.25, 0.3) is 0 Å². The Hall–Kier alpha value is -0.200. The number of nitrogens with one attached hydrogen (secondary N) is 1. The molecular weight excluding hydrogens is 232 g/mol. The number of nitrogens with two attached hydrogens (primary N) is 1. The van der Waals surface area contributed by atoms with Gasteiger partial charge in [-0.25, -0.2) is 13.1 Å². The number of thiocarbonyl (C=S) groups is 1. The minimum Gasteiger partial charge on any atom is -0.392 e. The number of sulfonamides is 1. The molecule has 0 heterocycles. The lowest BCUT2D eigenvalue weighted by molar-refractivity contribution is 0.539. The number of rotatable bonds is 7. The summed E-state index contributed by atoms with van der Waals surface area (Å²) in [6, 6.07) is 0. The van der Waals surface area contributed by atoms with Crippen molar-refractivity contribution in [2.45, 2.75) is 38.9 Å². The molecule has 15 heavy (non-hydrogen) atoms. The molecule has 6 heteroatoms. The third-order valence-corrected chi connectivity index (χ3v) is 4.42. The second-order valence-corrected chi connectivity index (χ2v) is 6.58. The molecule has 0 aromatic heterocycles. The molecule has 0 aliphatic rings. The summed E-state index contributed by atoms with van der Waals surface area (Å²) in [5, 5.41) is -0.799. The summed E-state index contributed by atoms with van der Waals surface area (Å²) in [6.45, 7) is 6.15. The van der Waals surface area contributed by atoms with Crippen molar-refractivity contribution in [2.24, 2.45) is 11.7 Å². The Morgan fingerprint density at radius 3 is 2.33 bits per heavy atom. The first-order valence-corrected chi connectivity index (χ1v) is 7.00. The zero-order chi connectivity index (χ0) is 12.1. The van der Waals surface area contributed by atoms with Crippen LogP contribution in [0.3, 0.4) is 0 Å². The number of hydrogen-bond acceptors (Lipinski definition) is 3. The van der Waals surface area contributed by atoms with Crippen LogP contribution >= 0.6 is 12.2 Å². The smallest absolute Gasteiger partial charge is 0.220 e. The van der Waals surface area contributed by atoms with E-state index < -0.39 is 15.3 Å². The van der Waals surface area contributed by atoms with Gasteiger partial charge in [-0.1, -0.05) is 26.1 Å². The molecule has 0 bridgehead atoms. The Labute approximate surface area is 97.7 Å². The Balaban J connectivity index is 4.01. The van der Waals surface area contributed by atoms with Crippen LogP contribution in [0.15, 0.2) is 0 Å². The Kier molecular flexibility index (Phi) is 6.31. The molecule has 0 saturated carbocycles. The highest BCUT2D eigenvalue weighted by atomic mass is 32.2. The molecule has 0 saturated heterocycles. The molecule has 0 amide bonds. The van der Waals surface area contributed by atoms with Crippen molar-refractivity contribution in [1.82, 2.24) is 4.72 Å². The molecule has 0 spiro atoms. The van der Waals surface area contributed by atoms with Crippen LogP contribution in [-0.2, 0) is 10.0 Å². The van der Waals surface area contributed by atoms with Gasteiger partial charge in [0.15, 0.2) is 0 Å². The van der Waals surface area contributed by atoms with Crippen LogP contribution in [0.25, 0.3) is 0 Å². The van der Waals surface area contributed by atoms with Gasteiger partial charge in [0, 0.05) is 6.54 Å². The lowest BCUT2D eigenvalue weighted by Crippen LogP contribution is -2.40. The zero-order valence-electron chi connectivity index (χ0n) is 9.49. The lowest BCUT2D eigenvalue weighted by Gasteiger charge is -2.12. The van der Waals surface area contributed by atoms with Crippen molar-refractivity contribution in [3.8, 4) is 0 Å². The molecule has 3 N–H and O–H groups in total. The Bertz CT molecular complexity index is 299. The molecule has 1 unspecified atom stereocenters. The van der Waals surface area contributed by atoms with Crippen molar-refractivity contribution in [3.05, 3.63) is 0 Å². The molecule has 90 valence electrons. The van der Waals surface area contributed by atoms with Crippen molar-refractivity contribution in [3.63, 3.8) is 0 Å². The van der Waals surface area contributed by atoms with Crippen molar-refractivity contribution < 1.29 is 8.42 Å². The first kappa shape index (κ1) is 14.8. The minimum absolute atomic E-state index is 0.00589. The fraction of sp³-hybridized carbons (Fsp3) is 0.889. The van der Waals surface area contributed by atoms with Gasteiger partial charge < -0.3 is 5.73 Å². The molecule has 0 aromatic carbocycles. The molecule has 0 aliphatic heterocycles. The molecule has 0 fully saturated rings. The van der Waals surface area contributed by atoms with Gasteiger partial charge in [-0.2, -0.15) is 0 Å². The Morgan fingerprint density at radius 2 is 1.93 bits per heavy atom. The first-order valence-electron chi connectivity index (χ1n) is 5.05. The average Bonchev–Trinajstić information content (AvgIpc) is 2.10. The van der Waals surface area contributed by atoms with E-state index in [1.807, 2.05) is 0 Å². The van der Waals surface area contributed by atoms with E-state index in [-0.39, 0.29) is 4.99 Å². The summed E-state index contributed by atoms with van der Waals surface area (Å²) >= 11 is 4.65. The molecule has 0 radical (unpaired) electrons. The third kappa shape index (κ3) is 6.06. The van der Waals surface area contributed by atoms with Crippen LogP contribution in [0, 0.1) is 5.92 Å². The summed E-state index contributed by atoms with van der Waals surface area (Å²) in [5.41, 5.74) is 5.29. The molecular formula is C9H20N2O2S2. The summed E-state index contributed by atoms with van der Waals surface area (Å²) in [4.78, 5) is 0.00589. The summed E-state index contributed by atoms with van der Waals surface area (Å²) in [6.07, 6.45) is 1.84. The van der Waals surface area contributed by atoms with E-state index in [0.717, 1.165) is 12.8 Å². The molecule has 0 aliphatic carbocycles. The second kappa shape index (κ2) is 6.40. The van der Waals surface area contributed by atoms with Crippen molar-refractivity contribution in [1.29, 1.82) is 0 Å².